The van der Waals surface area contributed by atoms with Crippen LogP contribution in [-0.4, -0.2) is 31.7 Å². The molecule has 0 bridgehead atoms. The van der Waals surface area contributed by atoms with Crippen LogP contribution in [0.3, 0.4) is 0 Å². The Bertz CT molecular complexity index is 903. The van der Waals surface area contributed by atoms with Crippen LogP contribution >= 0.6 is 22.9 Å². The molecule has 0 saturated carbocycles. The van der Waals surface area contributed by atoms with Crippen molar-refractivity contribution >= 4 is 44.6 Å². The summed E-state index contributed by atoms with van der Waals surface area (Å²) in [6.07, 6.45) is 0.863. The topological polar surface area (TPSA) is 66.5 Å². The molecule has 0 radical (unpaired) electrons. The first-order valence-corrected chi connectivity index (χ1v) is 11.1. The van der Waals surface area contributed by atoms with E-state index in [0.717, 1.165) is 16.9 Å². The van der Waals surface area contributed by atoms with Crippen molar-refractivity contribution in [2.24, 2.45) is 0 Å². The van der Waals surface area contributed by atoms with Crippen molar-refractivity contribution in [1.82, 2.24) is 4.31 Å². The second kappa shape index (κ2) is 8.52. The van der Waals surface area contributed by atoms with Crippen LogP contribution in [0.15, 0.2) is 29.2 Å². The number of amides is 1. The van der Waals surface area contributed by atoms with E-state index in [4.69, 9.17) is 11.6 Å². The Morgan fingerprint density at radius 2 is 1.85 bits per heavy atom. The van der Waals surface area contributed by atoms with Crippen molar-refractivity contribution in [2.45, 2.75) is 39.0 Å². The molecule has 1 heterocycles. The zero-order valence-corrected chi connectivity index (χ0v) is 17.7. The van der Waals surface area contributed by atoms with Gasteiger partial charge in [-0.1, -0.05) is 32.4 Å². The summed E-state index contributed by atoms with van der Waals surface area (Å²) in [6.45, 7) is 8.32. The number of thiophene rings is 1. The molecule has 0 spiro atoms. The van der Waals surface area contributed by atoms with E-state index in [-0.39, 0.29) is 16.5 Å². The molecule has 0 fully saturated rings. The predicted octanol–water partition coefficient (Wildman–Crippen LogP) is 4.56. The highest BCUT2D eigenvalue weighted by Gasteiger charge is 2.23. The highest BCUT2D eigenvalue weighted by Crippen LogP contribution is 2.29. The lowest BCUT2D eigenvalue weighted by Gasteiger charge is -2.19. The third-order valence-corrected chi connectivity index (χ3v) is 7.85. The molecule has 26 heavy (non-hydrogen) atoms. The third kappa shape index (κ3) is 4.28. The van der Waals surface area contributed by atoms with Gasteiger partial charge in [-0.25, -0.2) is 8.42 Å². The summed E-state index contributed by atoms with van der Waals surface area (Å²) < 4.78 is 26.7. The summed E-state index contributed by atoms with van der Waals surface area (Å²) in [5, 5.41) is 3.03. The molecule has 0 aliphatic rings. The van der Waals surface area contributed by atoms with Gasteiger partial charge in [0.2, 0.25) is 10.0 Å². The Labute approximate surface area is 164 Å². The van der Waals surface area contributed by atoms with Crippen molar-refractivity contribution in [3.63, 3.8) is 0 Å². The number of benzene rings is 1. The summed E-state index contributed by atoms with van der Waals surface area (Å²) in [4.78, 5) is 14.4. The van der Waals surface area contributed by atoms with Crippen molar-refractivity contribution in [2.75, 3.05) is 18.4 Å². The van der Waals surface area contributed by atoms with Gasteiger partial charge in [-0.2, -0.15) is 4.31 Å². The van der Waals surface area contributed by atoms with Crippen LogP contribution in [-0.2, 0) is 16.4 Å². The highest BCUT2D eigenvalue weighted by molar-refractivity contribution is 7.89. The number of nitrogens with one attached hydrogen (secondary N) is 1. The summed E-state index contributed by atoms with van der Waals surface area (Å²) in [5.41, 5.74) is 1.36. The monoisotopic (exact) mass is 414 g/mol. The number of aryl methyl sites for hydroxylation is 2. The van der Waals surface area contributed by atoms with Crippen molar-refractivity contribution in [1.29, 1.82) is 0 Å². The van der Waals surface area contributed by atoms with Gasteiger partial charge in [0.05, 0.1) is 20.5 Å². The molecule has 0 saturated heterocycles. The largest absolute Gasteiger partial charge is 0.320 e. The van der Waals surface area contributed by atoms with E-state index in [1.165, 1.54) is 33.8 Å². The van der Waals surface area contributed by atoms with Crippen LogP contribution in [0.25, 0.3) is 0 Å². The average molecular weight is 415 g/mol. The zero-order chi connectivity index (χ0) is 19.5. The lowest BCUT2D eigenvalue weighted by atomic mass is 10.2. The van der Waals surface area contributed by atoms with Crippen molar-refractivity contribution in [3.05, 3.63) is 44.6 Å². The molecule has 1 aromatic carbocycles. The second-order valence-corrected chi connectivity index (χ2v) is 9.24. The first-order chi connectivity index (χ1) is 12.2. The maximum atomic E-state index is 12.7. The van der Waals surface area contributed by atoms with Gasteiger partial charge >= 0.3 is 0 Å². The second-order valence-electron chi connectivity index (χ2n) is 5.76. The van der Waals surface area contributed by atoms with E-state index >= 15 is 0 Å². The maximum absolute atomic E-state index is 12.7. The SMILES string of the molecule is CCc1sc(C(=O)Nc2cc(S(=O)(=O)N(CC)CC)ccc2Cl)cc1C. The number of rotatable bonds is 7. The van der Waals surface area contributed by atoms with Gasteiger partial charge in [-0.05, 0) is 43.2 Å². The molecular weight excluding hydrogens is 392 g/mol. The minimum absolute atomic E-state index is 0.109. The number of carbonyl (C=O) groups is 1. The molecule has 8 heteroatoms. The van der Waals surface area contributed by atoms with E-state index in [1.54, 1.807) is 13.8 Å². The molecular formula is C18H23ClN2O3S2. The van der Waals surface area contributed by atoms with Gasteiger partial charge in [0.1, 0.15) is 0 Å². The van der Waals surface area contributed by atoms with Gasteiger partial charge in [0.25, 0.3) is 5.91 Å². The summed E-state index contributed by atoms with van der Waals surface area (Å²) >= 11 is 7.60. The Hall–Kier alpha value is -1.41. The molecule has 2 rings (SSSR count). The third-order valence-electron chi connectivity index (χ3n) is 4.09. The number of hydrogen-bond acceptors (Lipinski definition) is 4. The summed E-state index contributed by atoms with van der Waals surface area (Å²) in [7, 11) is -3.62. The van der Waals surface area contributed by atoms with Crippen LogP contribution in [0.2, 0.25) is 5.02 Å². The number of carbonyl (C=O) groups excluding carboxylic acids is 1. The lowest BCUT2D eigenvalue weighted by molar-refractivity contribution is 0.103. The van der Waals surface area contributed by atoms with E-state index in [9.17, 15) is 13.2 Å². The van der Waals surface area contributed by atoms with E-state index in [0.29, 0.717) is 23.0 Å². The van der Waals surface area contributed by atoms with E-state index < -0.39 is 10.0 Å². The predicted molar refractivity (Wildman–Crippen MR) is 108 cm³/mol. The lowest BCUT2D eigenvalue weighted by Crippen LogP contribution is -2.30. The van der Waals surface area contributed by atoms with Crippen molar-refractivity contribution in [3.8, 4) is 0 Å². The van der Waals surface area contributed by atoms with Crippen LogP contribution in [0.1, 0.15) is 40.9 Å². The van der Waals surface area contributed by atoms with Gasteiger partial charge < -0.3 is 5.32 Å². The Morgan fingerprint density at radius 3 is 2.38 bits per heavy atom. The van der Waals surface area contributed by atoms with Crippen LogP contribution in [0.4, 0.5) is 5.69 Å². The molecule has 1 amide bonds. The normalized spacial score (nSPS) is 11.8. The zero-order valence-electron chi connectivity index (χ0n) is 15.3. The van der Waals surface area contributed by atoms with Crippen LogP contribution in [0.5, 0.6) is 0 Å². The number of sulfonamides is 1. The standard InChI is InChI=1S/C18H23ClN2O3S2/c1-5-16-12(4)10-17(25-16)18(22)20-15-11-13(8-9-14(15)19)26(23,24)21(6-2)7-3/h8-11H,5-7H2,1-4H3,(H,20,22). The molecule has 2 aromatic rings. The molecule has 5 nitrogen and oxygen atoms in total. The minimum atomic E-state index is -3.62. The fourth-order valence-corrected chi connectivity index (χ4v) is 5.30. The number of halogens is 1. The van der Waals surface area contributed by atoms with Gasteiger partial charge in [-0.3, -0.25) is 4.79 Å². The first-order valence-electron chi connectivity index (χ1n) is 8.44. The quantitative estimate of drug-likeness (QED) is 0.722. The molecule has 142 valence electrons. The number of nitrogens with zero attached hydrogens (tertiary/aromatic N) is 1. The fraction of sp³-hybridized carbons (Fsp3) is 0.389. The smallest absolute Gasteiger partial charge is 0.265 e. The molecule has 0 unspecified atom stereocenters. The van der Waals surface area contributed by atoms with Crippen molar-refractivity contribution < 1.29 is 13.2 Å². The minimum Gasteiger partial charge on any atom is -0.320 e. The summed E-state index contributed by atoms with van der Waals surface area (Å²) in [5.74, 6) is -0.294. The van der Waals surface area contributed by atoms with Crippen LogP contribution < -0.4 is 5.32 Å². The van der Waals surface area contributed by atoms with E-state index in [1.807, 2.05) is 19.9 Å². The van der Waals surface area contributed by atoms with Crippen LogP contribution in [0, 0.1) is 6.92 Å². The number of hydrogen-bond donors (Lipinski definition) is 1. The van der Waals surface area contributed by atoms with E-state index in [2.05, 4.69) is 5.32 Å². The highest BCUT2D eigenvalue weighted by atomic mass is 35.5. The van der Waals surface area contributed by atoms with Gasteiger partial charge in [-0.15, -0.1) is 11.3 Å². The number of anilines is 1. The molecule has 0 atom stereocenters. The average Bonchev–Trinajstić information content (AvgIpc) is 2.98. The van der Waals surface area contributed by atoms with Gasteiger partial charge in [0, 0.05) is 18.0 Å². The van der Waals surface area contributed by atoms with Gasteiger partial charge in [0.15, 0.2) is 0 Å². The molecule has 0 aliphatic carbocycles. The summed E-state index contributed by atoms with van der Waals surface area (Å²) in [6, 6.07) is 6.19. The maximum Gasteiger partial charge on any atom is 0.265 e. The molecule has 1 N–H and O–H groups in total. The Balaban J connectivity index is 2.34. The molecule has 1 aromatic heterocycles. The Kier molecular flexibility index (Phi) is 6.85. The molecule has 0 aliphatic heterocycles. The first kappa shape index (κ1) is 20.9. The fourth-order valence-electron chi connectivity index (χ4n) is 2.64. The Morgan fingerprint density at radius 1 is 1.19 bits per heavy atom.